The Labute approximate surface area is 202 Å². The van der Waals surface area contributed by atoms with E-state index < -0.39 is 0 Å². The molecule has 0 saturated carbocycles. The summed E-state index contributed by atoms with van der Waals surface area (Å²) in [6.45, 7) is 3.20. The van der Waals surface area contributed by atoms with Crippen LogP contribution < -0.4 is 15.0 Å². The second-order valence-electron chi connectivity index (χ2n) is 7.06. The van der Waals surface area contributed by atoms with Crippen molar-refractivity contribution in [3.05, 3.63) is 81.8 Å². The van der Waals surface area contributed by atoms with Crippen molar-refractivity contribution >= 4 is 63.5 Å². The Balaban J connectivity index is 1.41. The fourth-order valence-electron chi connectivity index (χ4n) is 3.35. The molecule has 0 amide bonds. The molecular weight excluding hydrogens is 473 g/mol. The van der Waals surface area contributed by atoms with E-state index in [2.05, 4.69) is 15.1 Å². The first kappa shape index (κ1) is 22.0. The number of benzene rings is 3. The molecule has 1 heterocycles. The summed E-state index contributed by atoms with van der Waals surface area (Å²) in [5.74, 6) is 1.40. The Kier molecular flexibility index (Phi) is 7.08. The van der Waals surface area contributed by atoms with Gasteiger partial charge in [-0.15, -0.1) is 0 Å². The predicted molar refractivity (Wildman–Crippen MR) is 134 cm³/mol. The van der Waals surface area contributed by atoms with Gasteiger partial charge in [0, 0.05) is 36.9 Å². The molecule has 0 bridgehead atoms. The average molecular weight is 493 g/mol. The van der Waals surface area contributed by atoms with Gasteiger partial charge < -0.3 is 19.9 Å². The number of anilines is 2. The Hall–Kier alpha value is -2.18. The minimum Gasteiger partial charge on any atom is -0.455 e. The van der Waals surface area contributed by atoms with Crippen LogP contribution in [-0.2, 0) is 0 Å². The molecule has 160 valence electrons. The molecule has 4 nitrogen and oxygen atoms in total. The highest BCUT2D eigenvalue weighted by molar-refractivity contribution is 7.80. The van der Waals surface area contributed by atoms with Crippen LogP contribution >= 0.6 is 47.0 Å². The van der Waals surface area contributed by atoms with E-state index in [1.54, 1.807) is 6.07 Å². The number of ether oxygens (including phenoxy) is 1. The van der Waals surface area contributed by atoms with Crippen molar-refractivity contribution < 1.29 is 4.74 Å². The van der Waals surface area contributed by atoms with Gasteiger partial charge in [0.15, 0.2) is 10.9 Å². The number of thiocarbonyl (C=S) groups is 1. The van der Waals surface area contributed by atoms with E-state index in [4.69, 9.17) is 51.8 Å². The Morgan fingerprint density at radius 2 is 1.58 bits per heavy atom. The summed E-state index contributed by atoms with van der Waals surface area (Å²) in [5.41, 5.74) is 1.79. The molecule has 1 aliphatic heterocycles. The van der Waals surface area contributed by atoms with Crippen molar-refractivity contribution in [3.63, 3.8) is 0 Å². The van der Waals surface area contributed by atoms with Crippen LogP contribution in [0.4, 0.5) is 11.4 Å². The van der Waals surface area contributed by atoms with Gasteiger partial charge >= 0.3 is 0 Å². The Morgan fingerprint density at radius 3 is 2.29 bits per heavy atom. The zero-order chi connectivity index (χ0) is 21.8. The van der Waals surface area contributed by atoms with Gasteiger partial charge in [0.2, 0.25) is 0 Å². The lowest BCUT2D eigenvalue weighted by Gasteiger charge is -2.37. The smallest absolute Gasteiger partial charge is 0.173 e. The average Bonchev–Trinajstić information content (AvgIpc) is 2.78. The SMILES string of the molecule is S=C(Nc1cc(Cl)ccc1Oc1ccccc1)N1CCN(c2ccc(Cl)c(Cl)c2)CC1. The third kappa shape index (κ3) is 5.55. The van der Waals surface area contributed by atoms with Crippen LogP contribution in [0.25, 0.3) is 0 Å². The number of rotatable bonds is 4. The molecule has 1 N–H and O–H groups in total. The van der Waals surface area contributed by atoms with Gasteiger partial charge in [-0.2, -0.15) is 0 Å². The molecule has 3 aromatic carbocycles. The molecule has 0 atom stereocenters. The first-order chi connectivity index (χ1) is 15.0. The van der Waals surface area contributed by atoms with Crippen molar-refractivity contribution in [3.8, 4) is 11.5 Å². The molecule has 1 aliphatic rings. The second-order valence-corrected chi connectivity index (χ2v) is 8.70. The molecule has 1 saturated heterocycles. The van der Waals surface area contributed by atoms with Crippen molar-refractivity contribution in [2.24, 2.45) is 0 Å². The molecule has 0 radical (unpaired) electrons. The topological polar surface area (TPSA) is 27.7 Å². The maximum absolute atomic E-state index is 6.22. The molecule has 4 rings (SSSR count). The predicted octanol–water partition coefficient (Wildman–Crippen LogP) is 6.96. The Morgan fingerprint density at radius 1 is 0.839 bits per heavy atom. The van der Waals surface area contributed by atoms with Gasteiger partial charge in [-0.05, 0) is 60.7 Å². The summed E-state index contributed by atoms with van der Waals surface area (Å²) in [7, 11) is 0. The summed E-state index contributed by atoms with van der Waals surface area (Å²) in [6, 6.07) is 20.8. The maximum Gasteiger partial charge on any atom is 0.173 e. The van der Waals surface area contributed by atoms with E-state index in [1.807, 2.05) is 60.7 Å². The van der Waals surface area contributed by atoms with Crippen molar-refractivity contribution in [1.82, 2.24) is 4.90 Å². The maximum atomic E-state index is 6.22. The molecule has 1 fully saturated rings. The Bertz CT molecular complexity index is 1070. The number of halogens is 3. The van der Waals surface area contributed by atoms with Gasteiger partial charge in [-0.1, -0.05) is 53.0 Å². The van der Waals surface area contributed by atoms with E-state index in [0.29, 0.717) is 25.9 Å². The third-order valence-corrected chi connectivity index (χ3v) is 6.32. The standard InChI is InChI=1S/C23H20Cl3N3OS/c24-16-6-9-22(30-18-4-2-1-3-5-18)21(14-16)27-23(31)29-12-10-28(11-13-29)17-7-8-19(25)20(26)15-17/h1-9,14-15H,10-13H2,(H,27,31). The molecular formula is C23H20Cl3N3OS. The minimum absolute atomic E-state index is 0.560. The summed E-state index contributed by atoms with van der Waals surface area (Å²) < 4.78 is 6.02. The number of nitrogens with one attached hydrogen (secondary N) is 1. The molecule has 31 heavy (non-hydrogen) atoms. The van der Waals surface area contributed by atoms with Crippen molar-refractivity contribution in [2.45, 2.75) is 0 Å². The molecule has 8 heteroatoms. The first-order valence-corrected chi connectivity index (χ1v) is 11.3. The highest BCUT2D eigenvalue weighted by Crippen LogP contribution is 2.32. The molecule has 0 spiro atoms. The summed E-state index contributed by atoms with van der Waals surface area (Å²) in [6.07, 6.45) is 0. The number of para-hydroxylation sites is 1. The number of hydrogen-bond acceptors (Lipinski definition) is 3. The molecule has 0 aromatic heterocycles. The van der Waals surface area contributed by atoms with Crippen LogP contribution in [0.3, 0.4) is 0 Å². The van der Waals surface area contributed by atoms with Gasteiger partial charge in [0.05, 0.1) is 15.7 Å². The second kappa shape index (κ2) is 9.96. The summed E-state index contributed by atoms with van der Waals surface area (Å²) in [4.78, 5) is 4.40. The lowest BCUT2D eigenvalue weighted by Crippen LogP contribution is -2.50. The highest BCUT2D eigenvalue weighted by Gasteiger charge is 2.20. The zero-order valence-corrected chi connectivity index (χ0v) is 19.6. The van der Waals surface area contributed by atoms with E-state index in [-0.39, 0.29) is 0 Å². The van der Waals surface area contributed by atoms with Gasteiger partial charge in [0.1, 0.15) is 5.75 Å². The van der Waals surface area contributed by atoms with E-state index >= 15 is 0 Å². The van der Waals surface area contributed by atoms with Crippen molar-refractivity contribution in [2.75, 3.05) is 36.4 Å². The third-order valence-electron chi connectivity index (χ3n) is 4.99. The lowest BCUT2D eigenvalue weighted by molar-refractivity contribution is 0.390. The monoisotopic (exact) mass is 491 g/mol. The highest BCUT2D eigenvalue weighted by atomic mass is 35.5. The fourth-order valence-corrected chi connectivity index (χ4v) is 4.11. The number of piperazine rings is 1. The quantitative estimate of drug-likeness (QED) is 0.397. The van der Waals surface area contributed by atoms with Crippen LogP contribution in [0.5, 0.6) is 11.5 Å². The largest absolute Gasteiger partial charge is 0.455 e. The van der Waals surface area contributed by atoms with Crippen molar-refractivity contribution in [1.29, 1.82) is 0 Å². The van der Waals surface area contributed by atoms with Gasteiger partial charge in [-0.3, -0.25) is 0 Å². The summed E-state index contributed by atoms with van der Waals surface area (Å²) in [5, 5.41) is 5.66. The fraction of sp³-hybridized carbons (Fsp3) is 0.174. The van der Waals surface area contributed by atoms with Crippen LogP contribution in [0.1, 0.15) is 0 Å². The number of hydrogen-bond donors (Lipinski definition) is 1. The normalized spacial score (nSPS) is 13.8. The van der Waals surface area contributed by atoms with E-state index in [9.17, 15) is 0 Å². The van der Waals surface area contributed by atoms with Crippen LogP contribution in [0.2, 0.25) is 15.1 Å². The lowest BCUT2D eigenvalue weighted by atomic mass is 10.2. The zero-order valence-electron chi connectivity index (χ0n) is 16.5. The van der Waals surface area contributed by atoms with Crippen LogP contribution in [0.15, 0.2) is 66.7 Å². The summed E-state index contributed by atoms with van der Waals surface area (Å²) >= 11 is 24.1. The van der Waals surface area contributed by atoms with Crippen LogP contribution in [0, 0.1) is 0 Å². The molecule has 0 unspecified atom stereocenters. The minimum atomic E-state index is 0.560. The molecule has 0 aliphatic carbocycles. The molecule has 3 aromatic rings. The van der Waals surface area contributed by atoms with E-state index in [1.165, 1.54) is 0 Å². The van der Waals surface area contributed by atoms with Gasteiger partial charge in [0.25, 0.3) is 0 Å². The van der Waals surface area contributed by atoms with Crippen LogP contribution in [-0.4, -0.2) is 36.2 Å². The first-order valence-electron chi connectivity index (χ1n) is 9.78. The van der Waals surface area contributed by atoms with E-state index in [0.717, 1.165) is 43.3 Å². The van der Waals surface area contributed by atoms with Gasteiger partial charge in [-0.25, -0.2) is 0 Å². The number of nitrogens with zero attached hydrogens (tertiary/aromatic N) is 2.